The predicted octanol–water partition coefficient (Wildman–Crippen LogP) is 1.49. The lowest BCUT2D eigenvalue weighted by molar-refractivity contribution is -0.149. The molecule has 1 aliphatic rings. The standard InChI is InChI=1S/C12H23NO3/c1-15-10-9-13-12(11(14)16-2)7-5-3-4-6-8-12/h13H,3-10H2,1-2H3. The number of rotatable bonds is 5. The van der Waals surface area contributed by atoms with E-state index in [-0.39, 0.29) is 5.97 Å². The van der Waals surface area contributed by atoms with Crippen LogP contribution in [0.1, 0.15) is 38.5 Å². The molecule has 0 atom stereocenters. The van der Waals surface area contributed by atoms with Gasteiger partial charge in [0.2, 0.25) is 0 Å². The zero-order chi connectivity index (χ0) is 11.9. The van der Waals surface area contributed by atoms with Gasteiger partial charge in [0.05, 0.1) is 13.7 Å². The fourth-order valence-electron chi connectivity index (χ4n) is 2.37. The average molecular weight is 229 g/mol. The van der Waals surface area contributed by atoms with E-state index in [2.05, 4.69) is 5.32 Å². The molecule has 0 saturated heterocycles. The minimum atomic E-state index is -0.468. The molecule has 1 N–H and O–H groups in total. The summed E-state index contributed by atoms with van der Waals surface area (Å²) < 4.78 is 9.94. The molecule has 1 fully saturated rings. The van der Waals surface area contributed by atoms with Crippen molar-refractivity contribution in [3.63, 3.8) is 0 Å². The van der Waals surface area contributed by atoms with Crippen LogP contribution in [-0.2, 0) is 14.3 Å². The Labute approximate surface area is 97.7 Å². The van der Waals surface area contributed by atoms with E-state index in [0.717, 1.165) is 25.7 Å². The molecule has 4 nitrogen and oxygen atoms in total. The quantitative estimate of drug-likeness (QED) is 0.441. The van der Waals surface area contributed by atoms with E-state index >= 15 is 0 Å². The lowest BCUT2D eigenvalue weighted by Crippen LogP contribution is -2.53. The highest BCUT2D eigenvalue weighted by molar-refractivity contribution is 5.80. The monoisotopic (exact) mass is 229 g/mol. The van der Waals surface area contributed by atoms with Crippen LogP contribution in [0, 0.1) is 0 Å². The molecule has 0 heterocycles. The van der Waals surface area contributed by atoms with Crippen molar-refractivity contribution in [2.45, 2.75) is 44.1 Å². The van der Waals surface area contributed by atoms with E-state index in [1.807, 2.05) is 0 Å². The molecule has 1 aliphatic carbocycles. The number of ether oxygens (including phenoxy) is 2. The molecule has 0 spiro atoms. The molecular weight excluding hydrogens is 206 g/mol. The van der Waals surface area contributed by atoms with Gasteiger partial charge in [0.15, 0.2) is 0 Å². The van der Waals surface area contributed by atoms with Crippen LogP contribution in [0.5, 0.6) is 0 Å². The van der Waals surface area contributed by atoms with E-state index in [9.17, 15) is 4.79 Å². The Kier molecular flexibility index (Phi) is 5.77. The molecule has 0 radical (unpaired) electrons. The Morgan fingerprint density at radius 3 is 2.31 bits per heavy atom. The van der Waals surface area contributed by atoms with Crippen molar-refractivity contribution in [2.24, 2.45) is 0 Å². The first-order valence-corrected chi connectivity index (χ1v) is 6.07. The first-order valence-electron chi connectivity index (χ1n) is 6.07. The minimum absolute atomic E-state index is 0.120. The molecule has 1 saturated carbocycles. The maximum absolute atomic E-state index is 11.9. The van der Waals surface area contributed by atoms with Crippen molar-refractivity contribution in [2.75, 3.05) is 27.4 Å². The number of hydrogen-bond donors (Lipinski definition) is 1. The Balaban J connectivity index is 2.61. The normalized spacial score (nSPS) is 20.1. The van der Waals surface area contributed by atoms with Gasteiger partial charge in [-0.1, -0.05) is 25.7 Å². The first-order chi connectivity index (χ1) is 7.75. The summed E-state index contributed by atoms with van der Waals surface area (Å²) in [7, 11) is 3.13. The molecule has 0 aromatic heterocycles. The second-order valence-corrected chi connectivity index (χ2v) is 4.41. The van der Waals surface area contributed by atoms with E-state index in [0.29, 0.717) is 13.2 Å². The Hall–Kier alpha value is -0.610. The van der Waals surface area contributed by atoms with Crippen LogP contribution < -0.4 is 5.32 Å². The summed E-state index contributed by atoms with van der Waals surface area (Å²) in [6.07, 6.45) is 6.37. The van der Waals surface area contributed by atoms with Gasteiger partial charge < -0.3 is 9.47 Å². The predicted molar refractivity (Wildman–Crippen MR) is 62.3 cm³/mol. The van der Waals surface area contributed by atoms with E-state index in [1.54, 1.807) is 7.11 Å². The summed E-state index contributed by atoms with van der Waals surface area (Å²) in [5.74, 6) is -0.120. The molecule has 0 unspecified atom stereocenters. The van der Waals surface area contributed by atoms with E-state index in [4.69, 9.17) is 9.47 Å². The zero-order valence-corrected chi connectivity index (χ0v) is 10.4. The van der Waals surface area contributed by atoms with Crippen molar-refractivity contribution < 1.29 is 14.3 Å². The van der Waals surface area contributed by atoms with Crippen molar-refractivity contribution in [3.8, 4) is 0 Å². The summed E-state index contributed by atoms with van der Waals surface area (Å²) in [6.45, 7) is 1.32. The van der Waals surface area contributed by atoms with Crippen molar-refractivity contribution in [1.82, 2.24) is 5.32 Å². The maximum Gasteiger partial charge on any atom is 0.326 e. The number of methoxy groups -OCH3 is 2. The summed E-state index contributed by atoms with van der Waals surface area (Å²) in [5, 5.41) is 3.33. The molecular formula is C12H23NO3. The highest BCUT2D eigenvalue weighted by Crippen LogP contribution is 2.28. The van der Waals surface area contributed by atoms with Gasteiger partial charge in [-0.15, -0.1) is 0 Å². The average Bonchev–Trinajstić information content (AvgIpc) is 2.55. The fraction of sp³-hybridized carbons (Fsp3) is 0.917. The smallest absolute Gasteiger partial charge is 0.326 e. The maximum atomic E-state index is 11.9. The summed E-state index contributed by atoms with van der Waals surface area (Å²) >= 11 is 0. The third-order valence-electron chi connectivity index (χ3n) is 3.30. The Bertz CT molecular complexity index is 210. The third-order valence-corrected chi connectivity index (χ3v) is 3.30. The second kappa shape index (κ2) is 6.86. The Morgan fingerprint density at radius 1 is 1.19 bits per heavy atom. The summed E-state index contributed by atoms with van der Waals surface area (Å²) in [5.41, 5.74) is -0.468. The molecule has 0 aliphatic heterocycles. The molecule has 4 heteroatoms. The number of esters is 1. The van der Waals surface area contributed by atoms with Gasteiger partial charge in [-0.25, -0.2) is 0 Å². The van der Waals surface area contributed by atoms with Crippen LogP contribution >= 0.6 is 0 Å². The van der Waals surface area contributed by atoms with Gasteiger partial charge in [0.25, 0.3) is 0 Å². The van der Waals surface area contributed by atoms with Gasteiger partial charge in [-0.2, -0.15) is 0 Å². The topological polar surface area (TPSA) is 47.6 Å². The lowest BCUT2D eigenvalue weighted by atomic mass is 9.90. The summed E-state index contributed by atoms with van der Waals surface area (Å²) in [6, 6.07) is 0. The van der Waals surface area contributed by atoms with Crippen molar-refractivity contribution >= 4 is 5.97 Å². The SMILES string of the molecule is COCCNC1(C(=O)OC)CCCCCC1. The van der Waals surface area contributed by atoms with E-state index < -0.39 is 5.54 Å². The van der Waals surface area contributed by atoms with Crippen LogP contribution in [0.4, 0.5) is 0 Å². The molecule has 0 bridgehead atoms. The van der Waals surface area contributed by atoms with Gasteiger partial charge in [0.1, 0.15) is 5.54 Å². The van der Waals surface area contributed by atoms with Crippen LogP contribution in [0.2, 0.25) is 0 Å². The van der Waals surface area contributed by atoms with Crippen LogP contribution in [0.3, 0.4) is 0 Å². The number of carbonyl (C=O) groups excluding carboxylic acids is 1. The van der Waals surface area contributed by atoms with Gasteiger partial charge in [-0.3, -0.25) is 10.1 Å². The Morgan fingerprint density at radius 2 is 1.81 bits per heavy atom. The highest BCUT2D eigenvalue weighted by Gasteiger charge is 2.38. The highest BCUT2D eigenvalue weighted by atomic mass is 16.5. The lowest BCUT2D eigenvalue weighted by Gasteiger charge is -2.30. The van der Waals surface area contributed by atoms with Crippen molar-refractivity contribution in [3.05, 3.63) is 0 Å². The van der Waals surface area contributed by atoms with Gasteiger partial charge in [-0.05, 0) is 12.8 Å². The molecule has 1 rings (SSSR count). The van der Waals surface area contributed by atoms with E-state index in [1.165, 1.54) is 20.0 Å². The molecule has 0 aromatic rings. The molecule has 0 amide bonds. The number of carbonyl (C=O) groups is 1. The molecule has 94 valence electrons. The van der Waals surface area contributed by atoms with Crippen LogP contribution in [0.25, 0.3) is 0 Å². The minimum Gasteiger partial charge on any atom is -0.468 e. The molecule has 0 aromatic carbocycles. The second-order valence-electron chi connectivity index (χ2n) is 4.41. The van der Waals surface area contributed by atoms with Crippen LogP contribution in [0.15, 0.2) is 0 Å². The number of nitrogens with one attached hydrogen (secondary N) is 1. The van der Waals surface area contributed by atoms with Crippen LogP contribution in [-0.4, -0.2) is 38.9 Å². The van der Waals surface area contributed by atoms with Gasteiger partial charge >= 0.3 is 5.97 Å². The van der Waals surface area contributed by atoms with Crippen molar-refractivity contribution in [1.29, 1.82) is 0 Å². The first kappa shape index (κ1) is 13.5. The molecule has 16 heavy (non-hydrogen) atoms. The number of hydrogen-bond acceptors (Lipinski definition) is 4. The summed E-state index contributed by atoms with van der Waals surface area (Å²) in [4.78, 5) is 11.9. The fourth-order valence-corrected chi connectivity index (χ4v) is 2.37. The largest absolute Gasteiger partial charge is 0.468 e. The third kappa shape index (κ3) is 3.46. The zero-order valence-electron chi connectivity index (χ0n) is 10.4. The van der Waals surface area contributed by atoms with Gasteiger partial charge in [0, 0.05) is 13.7 Å².